The van der Waals surface area contributed by atoms with Gasteiger partial charge in [-0.05, 0) is 43.4 Å². The Hall–Kier alpha value is -3.12. The molecule has 6 heteroatoms. The third kappa shape index (κ3) is 4.28. The summed E-state index contributed by atoms with van der Waals surface area (Å²) in [5, 5.41) is 22.0. The van der Waals surface area contributed by atoms with E-state index in [1.807, 2.05) is 16.3 Å². The van der Waals surface area contributed by atoms with Gasteiger partial charge in [0.25, 0.3) is 0 Å². The summed E-state index contributed by atoms with van der Waals surface area (Å²) in [6.07, 6.45) is 4.45. The van der Waals surface area contributed by atoms with E-state index in [1.54, 1.807) is 0 Å². The molecule has 0 aliphatic carbocycles. The number of thiazole rings is 1. The van der Waals surface area contributed by atoms with Crippen molar-refractivity contribution in [2.24, 2.45) is 0 Å². The molecular weight excluding hydrogens is 416 g/mol. The van der Waals surface area contributed by atoms with Gasteiger partial charge in [0.15, 0.2) is 0 Å². The first-order valence-electron chi connectivity index (χ1n) is 11.3. The molecule has 0 unspecified atom stereocenters. The summed E-state index contributed by atoms with van der Waals surface area (Å²) in [6, 6.07) is 19.0. The number of nitrogens with zero attached hydrogens (tertiary/aromatic N) is 3. The molecule has 3 heterocycles. The Kier molecular flexibility index (Phi) is 5.95. The Labute approximate surface area is 193 Å². The highest BCUT2D eigenvalue weighted by molar-refractivity contribution is 7.11. The number of hydrogen-bond acceptors (Lipinski definition) is 5. The molecule has 5 rings (SSSR count). The van der Waals surface area contributed by atoms with E-state index < -0.39 is 0 Å². The fourth-order valence-electron chi connectivity index (χ4n) is 4.51. The standard InChI is InChI=1S/C26H28N4OS/c27-25-24(23(31)17-30(25)16-6-9-19-7-2-1-3-8-19)26-28-22(18-32-26)20-10-12-21(13-11-20)29-14-4-5-15-29/h1-3,7-8,10-13,18,27,31H,4-6,9,14-17H2. The maximum atomic E-state index is 10.6. The number of aliphatic hydroxyl groups excluding tert-OH is 1. The Morgan fingerprint density at radius 2 is 1.75 bits per heavy atom. The minimum Gasteiger partial charge on any atom is -0.510 e. The summed E-state index contributed by atoms with van der Waals surface area (Å²) in [5.74, 6) is 0.626. The third-order valence-electron chi connectivity index (χ3n) is 6.27. The maximum Gasteiger partial charge on any atom is 0.135 e. The number of aliphatic hydroxyl groups is 1. The van der Waals surface area contributed by atoms with Gasteiger partial charge in [0.05, 0.1) is 17.8 Å². The molecule has 2 aromatic carbocycles. The lowest BCUT2D eigenvalue weighted by Crippen LogP contribution is -2.28. The van der Waals surface area contributed by atoms with Crippen LogP contribution in [0.15, 0.2) is 65.7 Å². The summed E-state index contributed by atoms with van der Waals surface area (Å²) in [6.45, 7) is 3.41. The number of aryl methyl sites for hydroxylation is 1. The first-order valence-corrected chi connectivity index (χ1v) is 12.2. The van der Waals surface area contributed by atoms with Crippen LogP contribution in [0, 0.1) is 5.41 Å². The highest BCUT2D eigenvalue weighted by atomic mass is 32.1. The molecule has 2 aliphatic rings. The minimum absolute atomic E-state index is 0.250. The zero-order valence-corrected chi connectivity index (χ0v) is 18.9. The summed E-state index contributed by atoms with van der Waals surface area (Å²) in [4.78, 5) is 9.14. The highest BCUT2D eigenvalue weighted by Crippen LogP contribution is 2.33. The molecule has 1 saturated heterocycles. The van der Waals surface area contributed by atoms with Crippen molar-refractivity contribution in [3.05, 3.63) is 76.3 Å². The second kappa shape index (κ2) is 9.17. The molecule has 164 valence electrons. The molecule has 32 heavy (non-hydrogen) atoms. The predicted molar refractivity (Wildman–Crippen MR) is 133 cm³/mol. The highest BCUT2D eigenvalue weighted by Gasteiger charge is 2.30. The van der Waals surface area contributed by atoms with Crippen molar-refractivity contribution in [1.29, 1.82) is 5.41 Å². The zero-order valence-electron chi connectivity index (χ0n) is 18.1. The topological polar surface area (TPSA) is 63.5 Å². The van der Waals surface area contributed by atoms with Gasteiger partial charge >= 0.3 is 0 Å². The van der Waals surface area contributed by atoms with Crippen LogP contribution in [0.2, 0.25) is 0 Å². The number of nitrogens with one attached hydrogen (secondary N) is 1. The van der Waals surface area contributed by atoms with E-state index in [2.05, 4.69) is 53.4 Å². The SMILES string of the molecule is N=C1C(c2nc(-c3ccc(N4CCCC4)cc3)cs2)=C(O)CN1CCCc1ccccc1. The van der Waals surface area contributed by atoms with Gasteiger partial charge in [-0.25, -0.2) is 4.98 Å². The largest absolute Gasteiger partial charge is 0.510 e. The van der Waals surface area contributed by atoms with E-state index in [-0.39, 0.29) is 5.76 Å². The lowest BCUT2D eigenvalue weighted by atomic mass is 10.1. The molecule has 3 aromatic rings. The van der Waals surface area contributed by atoms with Crippen LogP contribution in [0.1, 0.15) is 29.8 Å². The normalized spacial score (nSPS) is 16.4. The molecule has 0 amide bonds. The summed E-state index contributed by atoms with van der Waals surface area (Å²) >= 11 is 1.49. The van der Waals surface area contributed by atoms with Gasteiger partial charge < -0.3 is 14.9 Å². The average Bonchev–Trinajstić information content (AvgIpc) is 3.56. The number of rotatable bonds is 7. The maximum absolute atomic E-state index is 10.6. The van der Waals surface area contributed by atoms with Crippen LogP contribution in [-0.4, -0.2) is 47.0 Å². The zero-order chi connectivity index (χ0) is 21.9. The summed E-state index contributed by atoms with van der Waals surface area (Å²) in [7, 11) is 0. The molecule has 0 atom stereocenters. The number of hydrogen-bond donors (Lipinski definition) is 2. The van der Waals surface area contributed by atoms with Crippen molar-refractivity contribution in [2.75, 3.05) is 31.1 Å². The van der Waals surface area contributed by atoms with Crippen molar-refractivity contribution in [1.82, 2.24) is 9.88 Å². The Balaban J connectivity index is 1.24. The van der Waals surface area contributed by atoms with Crippen molar-refractivity contribution < 1.29 is 5.11 Å². The van der Waals surface area contributed by atoms with E-state index in [0.29, 0.717) is 18.0 Å². The predicted octanol–water partition coefficient (Wildman–Crippen LogP) is 5.61. The van der Waals surface area contributed by atoms with Crippen LogP contribution >= 0.6 is 11.3 Å². The van der Waals surface area contributed by atoms with E-state index in [9.17, 15) is 5.11 Å². The minimum atomic E-state index is 0.250. The molecule has 0 bridgehead atoms. The van der Waals surface area contributed by atoms with Crippen molar-refractivity contribution in [3.63, 3.8) is 0 Å². The molecule has 5 nitrogen and oxygen atoms in total. The van der Waals surface area contributed by atoms with Gasteiger partial charge in [0.2, 0.25) is 0 Å². The lowest BCUT2D eigenvalue weighted by molar-refractivity contribution is 0.347. The fraction of sp³-hybridized carbons (Fsp3) is 0.308. The number of aromatic nitrogens is 1. The number of benzene rings is 2. The smallest absolute Gasteiger partial charge is 0.135 e. The van der Waals surface area contributed by atoms with Gasteiger partial charge in [-0.3, -0.25) is 5.41 Å². The first kappa shape index (κ1) is 20.8. The Morgan fingerprint density at radius 1 is 1.00 bits per heavy atom. The van der Waals surface area contributed by atoms with Crippen LogP contribution in [0.3, 0.4) is 0 Å². The average molecular weight is 445 g/mol. The second-order valence-corrected chi connectivity index (χ2v) is 9.32. The van der Waals surface area contributed by atoms with Crippen molar-refractivity contribution >= 4 is 28.4 Å². The summed E-state index contributed by atoms with van der Waals surface area (Å²) in [5.41, 5.74) is 5.12. The molecular formula is C26H28N4OS. The van der Waals surface area contributed by atoms with Gasteiger partial charge in [0, 0.05) is 36.3 Å². The third-order valence-corrected chi connectivity index (χ3v) is 7.13. The lowest BCUT2D eigenvalue weighted by Gasteiger charge is -2.18. The van der Waals surface area contributed by atoms with Crippen LogP contribution < -0.4 is 4.90 Å². The number of anilines is 1. The van der Waals surface area contributed by atoms with E-state index >= 15 is 0 Å². The van der Waals surface area contributed by atoms with Gasteiger partial charge in [0.1, 0.15) is 16.6 Å². The first-order chi connectivity index (χ1) is 15.7. The molecule has 1 fully saturated rings. The van der Waals surface area contributed by atoms with Crippen molar-refractivity contribution in [3.8, 4) is 11.3 Å². The second-order valence-electron chi connectivity index (χ2n) is 8.46. The molecule has 2 aliphatic heterocycles. The van der Waals surface area contributed by atoms with Gasteiger partial charge in [-0.1, -0.05) is 42.5 Å². The van der Waals surface area contributed by atoms with E-state index in [4.69, 9.17) is 10.4 Å². The van der Waals surface area contributed by atoms with Crippen LogP contribution in [0.5, 0.6) is 0 Å². The van der Waals surface area contributed by atoms with E-state index in [0.717, 1.165) is 48.7 Å². The fourth-order valence-corrected chi connectivity index (χ4v) is 5.40. The van der Waals surface area contributed by atoms with E-state index in [1.165, 1.54) is 35.4 Å². The van der Waals surface area contributed by atoms with Gasteiger partial charge in [-0.2, -0.15) is 0 Å². The molecule has 0 spiro atoms. The Bertz CT molecular complexity index is 1110. The van der Waals surface area contributed by atoms with Gasteiger partial charge in [-0.15, -0.1) is 11.3 Å². The monoisotopic (exact) mass is 444 g/mol. The number of amidine groups is 1. The Morgan fingerprint density at radius 3 is 2.50 bits per heavy atom. The molecule has 0 radical (unpaired) electrons. The van der Waals surface area contributed by atoms with Crippen molar-refractivity contribution in [2.45, 2.75) is 25.7 Å². The van der Waals surface area contributed by atoms with Crippen LogP contribution in [0.4, 0.5) is 5.69 Å². The quantitative estimate of drug-likeness (QED) is 0.498. The molecule has 1 aromatic heterocycles. The molecule has 2 N–H and O–H groups in total. The van der Waals surface area contributed by atoms with Crippen LogP contribution in [0.25, 0.3) is 16.8 Å². The summed E-state index contributed by atoms with van der Waals surface area (Å²) < 4.78 is 0. The van der Waals surface area contributed by atoms with Crippen LogP contribution in [-0.2, 0) is 6.42 Å². The molecule has 0 saturated carbocycles.